The van der Waals surface area contributed by atoms with Crippen LogP contribution < -0.4 is 9.47 Å². The van der Waals surface area contributed by atoms with Crippen LogP contribution in [-0.2, 0) is 4.79 Å². The number of carbonyl (C=O) groups excluding carboxylic acids is 1. The van der Waals surface area contributed by atoms with Crippen molar-refractivity contribution in [2.75, 3.05) is 33.1 Å². The molecule has 0 spiro atoms. The predicted octanol–water partition coefficient (Wildman–Crippen LogP) is 3.10. The van der Waals surface area contributed by atoms with Crippen LogP contribution in [0.2, 0.25) is 0 Å². The number of nitrogens with zero attached hydrogens (tertiary/aromatic N) is 3. The standard InChI is InChI=1S/C18H23N3O4S/c1-12-7-9-21(10-8-12)15(22)11-26-18-20-19-17(25-18)16-13(23-2)5-4-6-14(16)24-3/h4-6,12H,7-11H2,1-3H3. The number of benzene rings is 1. The van der Waals surface area contributed by atoms with E-state index in [0.717, 1.165) is 25.9 Å². The van der Waals surface area contributed by atoms with Crippen molar-refractivity contribution in [2.24, 2.45) is 5.92 Å². The Bertz CT molecular complexity index is 734. The van der Waals surface area contributed by atoms with Gasteiger partial charge in [0.15, 0.2) is 0 Å². The Balaban J connectivity index is 1.66. The SMILES string of the molecule is COc1cccc(OC)c1-c1nnc(SCC(=O)N2CCC(C)CC2)o1. The molecule has 1 saturated heterocycles. The van der Waals surface area contributed by atoms with Crippen LogP contribution >= 0.6 is 11.8 Å². The average molecular weight is 377 g/mol. The van der Waals surface area contributed by atoms with Crippen molar-refractivity contribution < 1.29 is 18.7 Å². The van der Waals surface area contributed by atoms with Gasteiger partial charge in [-0.3, -0.25) is 4.79 Å². The number of aromatic nitrogens is 2. The highest BCUT2D eigenvalue weighted by Gasteiger charge is 2.22. The number of methoxy groups -OCH3 is 2. The van der Waals surface area contributed by atoms with Gasteiger partial charge in [-0.15, -0.1) is 10.2 Å². The molecule has 1 aliphatic rings. The van der Waals surface area contributed by atoms with Crippen LogP contribution in [0.15, 0.2) is 27.8 Å². The molecule has 0 saturated carbocycles. The summed E-state index contributed by atoms with van der Waals surface area (Å²) in [6.45, 7) is 3.88. The van der Waals surface area contributed by atoms with Crippen LogP contribution in [0.25, 0.3) is 11.5 Å². The number of rotatable bonds is 6. The minimum Gasteiger partial charge on any atom is -0.496 e. The maximum Gasteiger partial charge on any atom is 0.277 e. The van der Waals surface area contributed by atoms with E-state index < -0.39 is 0 Å². The lowest BCUT2D eigenvalue weighted by molar-refractivity contribution is -0.129. The highest BCUT2D eigenvalue weighted by Crippen LogP contribution is 2.38. The van der Waals surface area contributed by atoms with E-state index in [9.17, 15) is 4.79 Å². The summed E-state index contributed by atoms with van der Waals surface area (Å²) in [5.41, 5.74) is 0.605. The van der Waals surface area contributed by atoms with E-state index in [1.165, 1.54) is 11.8 Å². The third-order valence-corrected chi connectivity index (χ3v) is 5.31. The fourth-order valence-corrected chi connectivity index (χ4v) is 3.57. The second-order valence-corrected chi connectivity index (χ2v) is 7.19. The van der Waals surface area contributed by atoms with Gasteiger partial charge in [0, 0.05) is 13.1 Å². The van der Waals surface area contributed by atoms with Crippen molar-refractivity contribution in [3.63, 3.8) is 0 Å². The number of carbonyl (C=O) groups is 1. The van der Waals surface area contributed by atoms with Crippen molar-refractivity contribution in [3.8, 4) is 23.0 Å². The number of hydrogen-bond acceptors (Lipinski definition) is 7. The molecule has 0 radical (unpaired) electrons. The first kappa shape index (κ1) is 18.6. The first-order valence-electron chi connectivity index (χ1n) is 8.57. The van der Waals surface area contributed by atoms with E-state index >= 15 is 0 Å². The topological polar surface area (TPSA) is 77.7 Å². The molecule has 7 nitrogen and oxygen atoms in total. The zero-order chi connectivity index (χ0) is 18.5. The Hall–Kier alpha value is -2.22. The van der Waals surface area contributed by atoms with Crippen LogP contribution in [0.5, 0.6) is 11.5 Å². The van der Waals surface area contributed by atoms with Gasteiger partial charge in [0.25, 0.3) is 11.1 Å². The predicted molar refractivity (Wildman–Crippen MR) is 98.5 cm³/mol. The minimum absolute atomic E-state index is 0.108. The molecule has 1 aromatic carbocycles. The van der Waals surface area contributed by atoms with Crippen molar-refractivity contribution in [3.05, 3.63) is 18.2 Å². The monoisotopic (exact) mass is 377 g/mol. The summed E-state index contributed by atoms with van der Waals surface area (Å²) in [5.74, 6) is 2.57. The highest BCUT2D eigenvalue weighted by molar-refractivity contribution is 7.99. The molecule has 1 amide bonds. The fraction of sp³-hybridized carbons (Fsp3) is 0.500. The Labute approximate surface area is 157 Å². The number of piperidine rings is 1. The Morgan fingerprint density at radius 2 is 1.88 bits per heavy atom. The van der Waals surface area contributed by atoms with Crippen LogP contribution in [0.4, 0.5) is 0 Å². The van der Waals surface area contributed by atoms with Gasteiger partial charge in [-0.2, -0.15) is 0 Å². The van der Waals surface area contributed by atoms with Crippen molar-refractivity contribution in [1.82, 2.24) is 15.1 Å². The van der Waals surface area contributed by atoms with Crippen molar-refractivity contribution in [1.29, 1.82) is 0 Å². The van der Waals surface area contributed by atoms with Gasteiger partial charge in [-0.25, -0.2) is 0 Å². The largest absolute Gasteiger partial charge is 0.496 e. The number of ether oxygens (including phenoxy) is 2. The molecule has 140 valence electrons. The van der Waals surface area contributed by atoms with Gasteiger partial charge in [-0.1, -0.05) is 24.8 Å². The van der Waals surface area contributed by atoms with E-state index in [0.29, 0.717) is 39.8 Å². The molecule has 0 aliphatic carbocycles. The van der Waals surface area contributed by atoms with Gasteiger partial charge in [0.1, 0.15) is 17.1 Å². The van der Waals surface area contributed by atoms with E-state index in [2.05, 4.69) is 17.1 Å². The molecular weight excluding hydrogens is 354 g/mol. The van der Waals surface area contributed by atoms with Crippen molar-refractivity contribution in [2.45, 2.75) is 25.0 Å². The maximum atomic E-state index is 12.3. The fourth-order valence-electron chi connectivity index (χ4n) is 2.90. The van der Waals surface area contributed by atoms with E-state index in [1.54, 1.807) is 26.4 Å². The summed E-state index contributed by atoms with van der Waals surface area (Å²) in [6, 6.07) is 5.43. The lowest BCUT2D eigenvalue weighted by Crippen LogP contribution is -2.38. The molecule has 2 heterocycles. The molecule has 2 aromatic rings. The summed E-state index contributed by atoms with van der Waals surface area (Å²) in [6.07, 6.45) is 2.13. The lowest BCUT2D eigenvalue weighted by atomic mass is 9.99. The summed E-state index contributed by atoms with van der Waals surface area (Å²) in [5, 5.41) is 8.47. The molecule has 0 atom stereocenters. The second-order valence-electron chi connectivity index (χ2n) is 6.26. The third-order valence-electron chi connectivity index (χ3n) is 4.50. The zero-order valence-electron chi connectivity index (χ0n) is 15.2. The van der Waals surface area contributed by atoms with Gasteiger partial charge in [0.05, 0.1) is 20.0 Å². The molecule has 0 bridgehead atoms. The first-order valence-corrected chi connectivity index (χ1v) is 9.56. The average Bonchev–Trinajstić information content (AvgIpc) is 3.14. The van der Waals surface area contributed by atoms with Crippen LogP contribution in [0.1, 0.15) is 19.8 Å². The van der Waals surface area contributed by atoms with Gasteiger partial charge >= 0.3 is 0 Å². The molecule has 0 unspecified atom stereocenters. The van der Waals surface area contributed by atoms with Gasteiger partial charge < -0.3 is 18.8 Å². The summed E-state index contributed by atoms with van der Waals surface area (Å²) < 4.78 is 16.4. The second kappa shape index (κ2) is 8.44. The molecular formula is C18H23N3O4S. The van der Waals surface area contributed by atoms with E-state index in [4.69, 9.17) is 13.9 Å². The summed E-state index contributed by atoms with van der Waals surface area (Å²) in [7, 11) is 3.14. The molecule has 8 heteroatoms. The van der Waals surface area contributed by atoms with E-state index in [-0.39, 0.29) is 5.91 Å². The van der Waals surface area contributed by atoms with Crippen LogP contribution in [0, 0.1) is 5.92 Å². The van der Waals surface area contributed by atoms with E-state index in [1.807, 2.05) is 11.0 Å². The highest BCUT2D eigenvalue weighted by atomic mass is 32.2. The Morgan fingerprint density at radius 1 is 1.23 bits per heavy atom. The first-order chi connectivity index (χ1) is 12.6. The molecule has 1 aromatic heterocycles. The van der Waals surface area contributed by atoms with Gasteiger partial charge in [-0.05, 0) is 30.9 Å². The van der Waals surface area contributed by atoms with Crippen LogP contribution in [-0.4, -0.2) is 54.1 Å². The minimum atomic E-state index is 0.108. The number of thioether (sulfide) groups is 1. The quantitative estimate of drug-likeness (QED) is 0.716. The van der Waals surface area contributed by atoms with Crippen LogP contribution in [0.3, 0.4) is 0 Å². The molecule has 1 aliphatic heterocycles. The number of hydrogen-bond donors (Lipinski definition) is 0. The number of likely N-dealkylation sites (tertiary alicyclic amines) is 1. The third kappa shape index (κ3) is 4.12. The summed E-state index contributed by atoms with van der Waals surface area (Å²) >= 11 is 1.25. The smallest absolute Gasteiger partial charge is 0.277 e. The Morgan fingerprint density at radius 3 is 2.50 bits per heavy atom. The Kier molecular flexibility index (Phi) is 6.03. The molecule has 1 fully saturated rings. The maximum absolute atomic E-state index is 12.3. The lowest BCUT2D eigenvalue weighted by Gasteiger charge is -2.30. The zero-order valence-corrected chi connectivity index (χ0v) is 16.0. The molecule has 3 rings (SSSR count). The normalized spacial score (nSPS) is 15.1. The molecule has 0 N–H and O–H groups in total. The van der Waals surface area contributed by atoms with Gasteiger partial charge in [0.2, 0.25) is 5.91 Å². The molecule has 26 heavy (non-hydrogen) atoms. The summed E-state index contributed by atoms with van der Waals surface area (Å²) in [4.78, 5) is 14.2. The van der Waals surface area contributed by atoms with Crippen molar-refractivity contribution >= 4 is 17.7 Å². The number of amides is 1.